The lowest BCUT2D eigenvalue weighted by Gasteiger charge is -2.09. The summed E-state index contributed by atoms with van der Waals surface area (Å²) in [6.45, 7) is 0.121. The Balaban J connectivity index is 1.73. The summed E-state index contributed by atoms with van der Waals surface area (Å²) in [5.74, 6) is 0.798. The van der Waals surface area contributed by atoms with Gasteiger partial charge in [-0.15, -0.1) is 0 Å². The minimum absolute atomic E-state index is 0.114. The van der Waals surface area contributed by atoms with Crippen molar-refractivity contribution >= 4 is 22.2 Å². The van der Waals surface area contributed by atoms with Crippen LogP contribution >= 0.6 is 0 Å². The number of nitrogens with two attached hydrogens (primary N) is 1. The van der Waals surface area contributed by atoms with Gasteiger partial charge in [-0.3, -0.25) is 4.79 Å². The molecule has 3 aromatic carbocycles. The highest BCUT2D eigenvalue weighted by Crippen LogP contribution is 2.27. The highest BCUT2D eigenvalue weighted by Gasteiger charge is 2.18. The van der Waals surface area contributed by atoms with Crippen LogP contribution in [0.1, 0.15) is 15.9 Å². The van der Waals surface area contributed by atoms with Crippen LogP contribution in [-0.2, 0) is 21.0 Å². The Morgan fingerprint density at radius 2 is 1.50 bits per heavy atom. The first-order valence-corrected chi connectivity index (χ1v) is 10.5. The second-order valence-corrected chi connectivity index (χ2v) is 8.24. The molecule has 0 aromatic heterocycles. The number of carbonyl (C=O) groups is 2. The molecular weight excluding hydrogens is 406 g/mol. The molecule has 0 aliphatic rings. The third-order valence-electron chi connectivity index (χ3n) is 4.28. The van der Waals surface area contributed by atoms with Crippen LogP contribution in [-0.4, -0.2) is 27.4 Å². The summed E-state index contributed by atoms with van der Waals surface area (Å²) >= 11 is 0. The van der Waals surface area contributed by atoms with Crippen molar-refractivity contribution in [1.82, 2.24) is 0 Å². The smallest absolute Gasteiger partial charge is 0.404 e. The van der Waals surface area contributed by atoms with Gasteiger partial charge in [0.15, 0.2) is 6.29 Å². The number of para-hydroxylation sites is 1. The summed E-state index contributed by atoms with van der Waals surface area (Å²) < 4.78 is 36.0. The summed E-state index contributed by atoms with van der Waals surface area (Å²) in [6.07, 6.45) is 0.270. The van der Waals surface area contributed by atoms with Gasteiger partial charge >= 0.3 is 6.09 Å². The molecule has 0 saturated heterocycles. The molecule has 2 N–H and O–H groups in total. The molecule has 0 fully saturated rings. The van der Waals surface area contributed by atoms with Crippen LogP contribution in [0.2, 0.25) is 0 Å². The van der Waals surface area contributed by atoms with Gasteiger partial charge < -0.3 is 15.2 Å². The van der Waals surface area contributed by atoms with Crippen LogP contribution in [0.4, 0.5) is 4.79 Å². The molecule has 0 unspecified atom stereocenters. The van der Waals surface area contributed by atoms with Crippen molar-refractivity contribution in [3.8, 4) is 11.5 Å². The molecule has 3 rings (SSSR count). The maximum atomic E-state index is 12.8. The molecular formula is C22H19NO6S. The first-order chi connectivity index (χ1) is 14.4. The van der Waals surface area contributed by atoms with Gasteiger partial charge in [-0.05, 0) is 54.1 Å². The zero-order valence-electron chi connectivity index (χ0n) is 15.9. The van der Waals surface area contributed by atoms with Crippen LogP contribution in [0.5, 0.6) is 11.5 Å². The summed E-state index contributed by atoms with van der Waals surface area (Å²) in [4.78, 5) is 21.9. The molecule has 0 aliphatic carbocycles. The molecule has 0 spiro atoms. The second kappa shape index (κ2) is 9.23. The van der Waals surface area contributed by atoms with Crippen molar-refractivity contribution in [1.29, 1.82) is 0 Å². The number of amides is 1. The van der Waals surface area contributed by atoms with Gasteiger partial charge in [0.2, 0.25) is 9.84 Å². The molecule has 154 valence electrons. The van der Waals surface area contributed by atoms with Crippen LogP contribution in [0.15, 0.2) is 82.6 Å². The maximum Gasteiger partial charge on any atom is 0.404 e. The van der Waals surface area contributed by atoms with Crippen LogP contribution in [0.3, 0.4) is 0 Å². The highest BCUT2D eigenvalue weighted by atomic mass is 32.2. The molecule has 7 nitrogen and oxygen atoms in total. The Kier molecular flexibility index (Phi) is 6.48. The SMILES string of the molecule is NC(=O)OCCc1ccc(S(=O)(=O)c2ccc(Oc3ccccc3C=O)cc2)cc1. The topological polar surface area (TPSA) is 113 Å². The Morgan fingerprint density at radius 3 is 2.10 bits per heavy atom. The van der Waals surface area contributed by atoms with E-state index in [2.05, 4.69) is 4.74 Å². The van der Waals surface area contributed by atoms with Gasteiger partial charge in [-0.2, -0.15) is 0 Å². The molecule has 1 amide bonds. The van der Waals surface area contributed by atoms with Crippen LogP contribution < -0.4 is 10.5 Å². The number of primary amides is 1. The second-order valence-electron chi connectivity index (χ2n) is 6.29. The molecule has 0 radical (unpaired) electrons. The Labute approximate surface area is 174 Å². The number of benzene rings is 3. The fourth-order valence-electron chi connectivity index (χ4n) is 2.73. The fraction of sp³-hybridized carbons (Fsp3) is 0.0909. The lowest BCUT2D eigenvalue weighted by molar-refractivity contribution is 0.112. The molecule has 0 saturated carbocycles. The van der Waals surface area contributed by atoms with E-state index in [0.29, 0.717) is 29.8 Å². The summed E-state index contributed by atoms with van der Waals surface area (Å²) in [5, 5.41) is 0. The van der Waals surface area contributed by atoms with Gasteiger partial charge in [0.1, 0.15) is 11.5 Å². The number of carbonyl (C=O) groups excluding carboxylic acids is 2. The number of hydrogen-bond acceptors (Lipinski definition) is 6. The lowest BCUT2D eigenvalue weighted by atomic mass is 10.2. The average molecular weight is 425 g/mol. The van der Waals surface area contributed by atoms with E-state index in [1.165, 1.54) is 36.4 Å². The number of hydrogen-bond donors (Lipinski definition) is 1. The highest BCUT2D eigenvalue weighted by molar-refractivity contribution is 7.91. The van der Waals surface area contributed by atoms with Gasteiger partial charge in [-0.1, -0.05) is 24.3 Å². The third kappa shape index (κ3) is 5.03. The van der Waals surface area contributed by atoms with Gasteiger partial charge in [0.05, 0.1) is 22.0 Å². The molecule has 0 bridgehead atoms. The van der Waals surface area contributed by atoms with E-state index in [4.69, 9.17) is 10.5 Å². The van der Waals surface area contributed by atoms with Crippen molar-refractivity contribution in [2.24, 2.45) is 5.73 Å². The van der Waals surface area contributed by atoms with E-state index in [9.17, 15) is 18.0 Å². The number of rotatable bonds is 8. The van der Waals surface area contributed by atoms with Crippen LogP contribution in [0.25, 0.3) is 0 Å². The van der Waals surface area contributed by atoms with Gasteiger partial charge in [0.25, 0.3) is 0 Å². The Bertz CT molecular complexity index is 1140. The lowest BCUT2D eigenvalue weighted by Crippen LogP contribution is -2.14. The first-order valence-electron chi connectivity index (χ1n) is 8.98. The molecule has 30 heavy (non-hydrogen) atoms. The first kappa shape index (κ1) is 21.1. The quantitative estimate of drug-likeness (QED) is 0.550. The minimum atomic E-state index is -3.71. The molecule has 8 heteroatoms. The Hall–Kier alpha value is -3.65. The maximum absolute atomic E-state index is 12.8. The Morgan fingerprint density at radius 1 is 0.900 bits per heavy atom. The van der Waals surface area contributed by atoms with E-state index >= 15 is 0 Å². The standard InChI is InChI=1S/C22H19NO6S/c23-22(25)28-14-13-16-5-9-19(10-6-16)30(26,27)20-11-7-18(8-12-20)29-21-4-2-1-3-17(21)15-24/h1-12,15H,13-14H2,(H2,23,25). The summed E-state index contributed by atoms with van der Waals surface area (Å²) in [6, 6.07) is 19.0. The van der Waals surface area contributed by atoms with Gasteiger partial charge in [-0.25, -0.2) is 13.2 Å². The van der Waals surface area contributed by atoms with E-state index in [-0.39, 0.29) is 16.4 Å². The van der Waals surface area contributed by atoms with Crippen molar-refractivity contribution < 1.29 is 27.5 Å². The molecule has 0 heterocycles. The fourth-order valence-corrected chi connectivity index (χ4v) is 3.99. The monoisotopic (exact) mass is 425 g/mol. The van der Waals surface area contributed by atoms with E-state index in [0.717, 1.165) is 5.56 Å². The minimum Gasteiger partial charge on any atom is -0.457 e. The van der Waals surface area contributed by atoms with Crippen molar-refractivity contribution in [3.05, 3.63) is 83.9 Å². The van der Waals surface area contributed by atoms with E-state index in [1.54, 1.807) is 36.4 Å². The van der Waals surface area contributed by atoms with E-state index < -0.39 is 15.9 Å². The number of ether oxygens (including phenoxy) is 2. The third-order valence-corrected chi connectivity index (χ3v) is 6.06. The largest absolute Gasteiger partial charge is 0.457 e. The summed E-state index contributed by atoms with van der Waals surface area (Å²) in [7, 11) is -3.71. The van der Waals surface area contributed by atoms with Crippen molar-refractivity contribution in [2.45, 2.75) is 16.2 Å². The molecule has 3 aromatic rings. The average Bonchev–Trinajstić information content (AvgIpc) is 2.75. The molecule has 0 aliphatic heterocycles. The van der Waals surface area contributed by atoms with E-state index in [1.807, 2.05) is 0 Å². The normalized spacial score (nSPS) is 10.9. The van der Waals surface area contributed by atoms with Crippen LogP contribution in [0, 0.1) is 0 Å². The number of aldehydes is 1. The zero-order valence-corrected chi connectivity index (χ0v) is 16.7. The number of sulfone groups is 1. The molecule has 0 atom stereocenters. The van der Waals surface area contributed by atoms with Crippen molar-refractivity contribution in [2.75, 3.05) is 6.61 Å². The predicted octanol–water partition coefficient (Wildman–Crippen LogP) is 3.76. The van der Waals surface area contributed by atoms with Crippen molar-refractivity contribution in [3.63, 3.8) is 0 Å². The van der Waals surface area contributed by atoms with Gasteiger partial charge in [0, 0.05) is 6.42 Å². The summed E-state index contributed by atoms with van der Waals surface area (Å²) in [5.41, 5.74) is 6.12. The zero-order chi connectivity index (χ0) is 21.6. The predicted molar refractivity (Wildman–Crippen MR) is 109 cm³/mol.